The predicted octanol–water partition coefficient (Wildman–Crippen LogP) is 11.1. The molecule has 0 aliphatic rings. The first-order valence-electron chi connectivity index (χ1n) is 26.1. The van der Waals surface area contributed by atoms with Crippen molar-refractivity contribution >= 4 is 70.0 Å². The summed E-state index contributed by atoms with van der Waals surface area (Å²) < 4.78 is 0. The number of benzene rings is 3. The second kappa shape index (κ2) is 35.5. The molecule has 5 N–H and O–H groups in total. The highest BCUT2D eigenvalue weighted by Crippen LogP contribution is 2.19. The van der Waals surface area contributed by atoms with Gasteiger partial charge in [0.1, 0.15) is 18.8 Å². The molecule has 2 unspecified atom stereocenters. The molecule has 0 aliphatic heterocycles. The molecule has 14 nitrogen and oxygen atoms in total. The SMILES string of the molecule is CCCCN(CCCC)C(=O)c1ccc(NO)cc1.CCCCN(CCCC)C(=O)c1ccc([NH+]([O-])Cc2ccc(C[NH+](O)c3ccc(C(=O)N(CCCC)CCCC)cc3)s2)cc1.O=Cc1ccc(C=O)s1. The molecule has 0 aliphatic carbocycles. The van der Waals surface area contributed by atoms with Crippen molar-refractivity contribution in [3.05, 3.63) is 138 Å². The number of nitrogens with zero attached hydrogens (tertiary/aromatic N) is 3. The molecular weight excluding hydrogens is 961 g/mol. The Kier molecular flexibility index (Phi) is 30.0. The molecule has 0 fully saturated rings. The topological polar surface area (TPSA) is 180 Å². The van der Waals surface area contributed by atoms with E-state index in [1.807, 2.05) is 26.8 Å². The minimum atomic E-state index is -0.00315. The first-order valence-corrected chi connectivity index (χ1v) is 27.8. The van der Waals surface area contributed by atoms with Gasteiger partial charge in [0, 0.05) is 80.2 Å². The number of amides is 3. The van der Waals surface area contributed by atoms with E-state index in [0.717, 1.165) is 139 Å². The molecule has 2 heterocycles. The molecule has 0 spiro atoms. The number of quaternary nitrogens is 2. The van der Waals surface area contributed by atoms with Gasteiger partial charge in [-0.2, -0.15) is 5.06 Å². The molecule has 73 heavy (non-hydrogen) atoms. The van der Waals surface area contributed by atoms with E-state index in [-0.39, 0.29) is 34.4 Å². The van der Waals surface area contributed by atoms with Crippen molar-refractivity contribution in [3.8, 4) is 0 Å². The summed E-state index contributed by atoms with van der Waals surface area (Å²) in [5.41, 5.74) is 5.85. The van der Waals surface area contributed by atoms with Crippen LogP contribution in [0.1, 0.15) is 179 Å². The monoisotopic (exact) mass is 1040 g/mol. The van der Waals surface area contributed by atoms with Gasteiger partial charge in [0.2, 0.25) is 0 Å². The van der Waals surface area contributed by atoms with Crippen LogP contribution in [-0.2, 0) is 13.1 Å². The smallest absolute Gasteiger partial charge is 0.253 e. The Balaban J connectivity index is 0.000000407. The van der Waals surface area contributed by atoms with Crippen molar-refractivity contribution in [3.63, 3.8) is 0 Å². The van der Waals surface area contributed by atoms with E-state index in [4.69, 9.17) is 5.21 Å². The van der Waals surface area contributed by atoms with Gasteiger partial charge in [-0.1, -0.05) is 80.1 Å². The number of hydroxylamine groups is 2. The van der Waals surface area contributed by atoms with Gasteiger partial charge in [-0.3, -0.25) is 34.7 Å². The van der Waals surface area contributed by atoms with Crippen LogP contribution in [0.2, 0.25) is 0 Å². The second-order valence-corrected chi connectivity index (χ2v) is 20.3. The Morgan fingerprint density at radius 1 is 0.493 bits per heavy atom. The number of rotatable bonds is 30. The van der Waals surface area contributed by atoms with Crippen LogP contribution >= 0.6 is 22.7 Å². The summed E-state index contributed by atoms with van der Waals surface area (Å²) in [5, 5.41) is 32.9. The molecule has 0 saturated heterocycles. The van der Waals surface area contributed by atoms with Crippen molar-refractivity contribution in [2.75, 3.05) is 44.7 Å². The van der Waals surface area contributed by atoms with Crippen molar-refractivity contribution in [2.45, 2.75) is 132 Å². The number of nitrogens with one attached hydrogen (secondary N) is 3. The first kappa shape index (κ1) is 61.7. The highest BCUT2D eigenvalue weighted by molar-refractivity contribution is 7.15. The van der Waals surface area contributed by atoms with Crippen LogP contribution in [0.25, 0.3) is 0 Å². The number of unbranched alkanes of at least 4 members (excludes halogenated alkanes) is 6. The lowest BCUT2D eigenvalue weighted by molar-refractivity contribution is -1.05. The van der Waals surface area contributed by atoms with Crippen LogP contribution in [0, 0.1) is 5.21 Å². The van der Waals surface area contributed by atoms with Crippen LogP contribution < -0.4 is 15.6 Å². The molecule has 2 atom stereocenters. The number of anilines is 1. The fourth-order valence-electron chi connectivity index (χ4n) is 7.51. The number of carbonyl (C=O) groups is 5. The minimum absolute atomic E-state index is 0.00315. The van der Waals surface area contributed by atoms with Crippen LogP contribution in [0.4, 0.5) is 17.1 Å². The fourth-order valence-corrected chi connectivity index (χ4v) is 9.17. The molecule has 16 heteroatoms. The Morgan fingerprint density at radius 2 is 0.822 bits per heavy atom. The van der Waals surface area contributed by atoms with Crippen molar-refractivity contribution < 1.29 is 44.5 Å². The van der Waals surface area contributed by atoms with E-state index in [2.05, 4.69) is 47.0 Å². The second-order valence-electron chi connectivity index (χ2n) is 17.9. The summed E-state index contributed by atoms with van der Waals surface area (Å²) >= 11 is 2.71. The molecule has 3 amide bonds. The van der Waals surface area contributed by atoms with Crippen LogP contribution in [-0.4, -0.2) is 94.7 Å². The lowest BCUT2D eigenvalue weighted by Gasteiger charge is -2.24. The maximum atomic E-state index is 13.1. The summed E-state index contributed by atoms with van der Waals surface area (Å²) in [6.45, 7) is 18.1. The molecule has 3 aromatic carbocycles. The zero-order valence-corrected chi connectivity index (χ0v) is 45.7. The van der Waals surface area contributed by atoms with E-state index >= 15 is 0 Å². The molecule has 0 radical (unpaired) electrons. The highest BCUT2D eigenvalue weighted by atomic mass is 32.1. The predicted molar refractivity (Wildman–Crippen MR) is 295 cm³/mol. The summed E-state index contributed by atoms with van der Waals surface area (Å²) in [6.07, 6.45) is 13.8. The highest BCUT2D eigenvalue weighted by Gasteiger charge is 2.20. The average Bonchev–Trinajstić information content (AvgIpc) is 4.10. The number of carbonyl (C=O) groups excluding carboxylic acids is 5. The molecular formula is C57H81N6O8S2+. The summed E-state index contributed by atoms with van der Waals surface area (Å²) in [7, 11) is 0. The Labute approximate surface area is 442 Å². The Hall–Kier alpha value is -5.59. The summed E-state index contributed by atoms with van der Waals surface area (Å²) in [4.78, 5) is 67.5. The summed E-state index contributed by atoms with van der Waals surface area (Å²) in [5.74, 6) is 0.140. The van der Waals surface area contributed by atoms with Gasteiger partial charge >= 0.3 is 0 Å². The lowest BCUT2D eigenvalue weighted by atomic mass is 10.1. The van der Waals surface area contributed by atoms with E-state index in [9.17, 15) is 34.4 Å². The standard InChI is InChI=1S/C36H52N4O4S.C15H24N2O2.C6H4O2S/c1-5-9-23-37(24-10-6-2)35(41)29-13-17-31(18-14-29)39(43)27-33-21-22-34(45-33)28-40(44)32-19-15-30(16-20-32)36(42)38(25-11-7-3)26-12-8-4;1-3-5-11-17(12-6-4-2)15(18)13-7-9-14(16-19)10-8-13;7-3-5-1-2-6(4-8)9-5/h13-22,39,44H,5-12,23-28H2,1-4H3;7-10,16,19H,3-6,11-12H2,1-2H3;1-4H/p+1. The van der Waals surface area contributed by atoms with Gasteiger partial charge in [-0.25, -0.2) is 5.21 Å². The van der Waals surface area contributed by atoms with Gasteiger partial charge in [0.25, 0.3) is 17.7 Å². The van der Waals surface area contributed by atoms with Gasteiger partial charge in [-0.15, -0.1) is 22.7 Å². The van der Waals surface area contributed by atoms with E-state index in [1.165, 1.54) is 22.7 Å². The molecule has 0 bridgehead atoms. The van der Waals surface area contributed by atoms with Crippen molar-refractivity contribution in [2.24, 2.45) is 0 Å². The van der Waals surface area contributed by atoms with E-state index < -0.39 is 0 Å². The Morgan fingerprint density at radius 3 is 1.14 bits per heavy atom. The summed E-state index contributed by atoms with van der Waals surface area (Å²) in [6, 6.07) is 28.3. The normalized spacial score (nSPS) is 11.5. The molecule has 0 saturated carbocycles. The molecule has 5 aromatic rings. The molecule has 398 valence electrons. The maximum absolute atomic E-state index is 13.1. The van der Waals surface area contributed by atoms with Crippen molar-refractivity contribution in [1.82, 2.24) is 14.7 Å². The van der Waals surface area contributed by atoms with Crippen LogP contribution in [0.3, 0.4) is 0 Å². The third kappa shape index (κ3) is 21.8. The van der Waals surface area contributed by atoms with E-state index in [0.29, 0.717) is 50.1 Å². The van der Waals surface area contributed by atoms with Gasteiger partial charge in [-0.05, 0) is 111 Å². The number of thiophene rings is 2. The zero-order valence-electron chi connectivity index (χ0n) is 44.0. The van der Waals surface area contributed by atoms with Crippen LogP contribution in [0.5, 0.6) is 0 Å². The van der Waals surface area contributed by atoms with E-state index in [1.54, 1.807) is 84.9 Å². The third-order valence-electron chi connectivity index (χ3n) is 12.0. The number of hydrogen-bond donors (Lipinski definition) is 5. The fraction of sp³-hybridized carbons (Fsp3) is 0.456. The van der Waals surface area contributed by atoms with Gasteiger partial charge in [0.15, 0.2) is 18.3 Å². The molecule has 2 aromatic heterocycles. The zero-order chi connectivity index (χ0) is 53.4. The number of aldehydes is 2. The largest absolute Gasteiger partial charge is 0.629 e. The van der Waals surface area contributed by atoms with Crippen LogP contribution in [0.15, 0.2) is 97.1 Å². The lowest BCUT2D eigenvalue weighted by Crippen LogP contribution is -3.03. The average molecular weight is 1040 g/mol. The Bertz CT molecular complexity index is 2190. The molecule has 5 rings (SSSR count). The maximum Gasteiger partial charge on any atom is 0.253 e. The first-order chi connectivity index (χ1) is 35.4. The minimum Gasteiger partial charge on any atom is -0.629 e. The third-order valence-corrected chi connectivity index (χ3v) is 14.0. The number of hydrogen-bond acceptors (Lipinski definition) is 11. The quantitative estimate of drug-likeness (QED) is 0.0221. The van der Waals surface area contributed by atoms with Gasteiger partial charge in [0.05, 0.1) is 25.2 Å². The van der Waals surface area contributed by atoms with Crippen molar-refractivity contribution in [1.29, 1.82) is 0 Å². The van der Waals surface area contributed by atoms with Gasteiger partial charge < -0.3 is 25.0 Å².